The van der Waals surface area contributed by atoms with Gasteiger partial charge in [-0.1, -0.05) is 29.8 Å². The van der Waals surface area contributed by atoms with Crippen LogP contribution in [0.3, 0.4) is 0 Å². The van der Waals surface area contributed by atoms with E-state index in [0.717, 1.165) is 5.56 Å². The van der Waals surface area contributed by atoms with Crippen molar-refractivity contribution in [3.8, 4) is 0 Å². The maximum absolute atomic E-state index is 11.5. The fraction of sp³-hybridized carbons (Fsp3) is 0.462. The summed E-state index contributed by atoms with van der Waals surface area (Å²) in [4.78, 5) is 11.5. The molecule has 0 fully saturated rings. The lowest BCUT2D eigenvalue weighted by Crippen LogP contribution is -2.30. The molecule has 0 aliphatic rings. The highest BCUT2D eigenvalue weighted by Crippen LogP contribution is 2.13. The average molecular weight is 236 g/mol. The van der Waals surface area contributed by atoms with Crippen molar-refractivity contribution in [1.82, 2.24) is 5.32 Å². The van der Waals surface area contributed by atoms with E-state index in [1.807, 2.05) is 32.0 Å². The molecule has 0 aliphatic heterocycles. The molecule has 94 valence electrons. The van der Waals surface area contributed by atoms with Crippen LogP contribution in [0.15, 0.2) is 24.3 Å². The first kappa shape index (κ1) is 13.7. The number of nitrogens with one attached hydrogen (secondary N) is 1. The molecule has 0 aromatic heterocycles. The minimum absolute atomic E-state index is 0.0103. The molecule has 3 N–H and O–H groups in total. The molecular formula is C13H20N2O2. The summed E-state index contributed by atoms with van der Waals surface area (Å²) in [7, 11) is 0. The number of carbonyl (C=O) groups is 1. The minimum atomic E-state index is -0.118. The number of nitrogens with two attached hydrogens (primary N) is 1. The maximum Gasteiger partial charge on any atom is 0.246 e. The first-order chi connectivity index (χ1) is 8.13. The number of hydrogen-bond donors (Lipinski definition) is 2. The van der Waals surface area contributed by atoms with Crippen molar-refractivity contribution in [2.24, 2.45) is 5.73 Å². The molecule has 1 atom stereocenters. The number of hydrogen-bond acceptors (Lipinski definition) is 3. The lowest BCUT2D eigenvalue weighted by molar-refractivity contribution is -0.126. The second-order valence-corrected chi connectivity index (χ2v) is 4.04. The number of amides is 1. The molecule has 0 saturated heterocycles. The van der Waals surface area contributed by atoms with Crippen LogP contribution in [-0.2, 0) is 9.53 Å². The lowest BCUT2D eigenvalue weighted by Gasteiger charge is -2.14. The Hall–Kier alpha value is -1.39. The third kappa shape index (κ3) is 4.97. The van der Waals surface area contributed by atoms with Gasteiger partial charge in [-0.3, -0.25) is 4.79 Å². The largest absolute Gasteiger partial charge is 0.370 e. The van der Waals surface area contributed by atoms with E-state index in [9.17, 15) is 4.79 Å². The summed E-state index contributed by atoms with van der Waals surface area (Å²) in [5.41, 5.74) is 7.54. The van der Waals surface area contributed by atoms with E-state index < -0.39 is 0 Å². The third-order valence-electron chi connectivity index (χ3n) is 2.41. The molecule has 4 heteroatoms. The van der Waals surface area contributed by atoms with Crippen molar-refractivity contribution in [1.29, 1.82) is 0 Å². The summed E-state index contributed by atoms with van der Waals surface area (Å²) in [6.07, 6.45) is 0. The second-order valence-electron chi connectivity index (χ2n) is 4.04. The molecule has 0 spiro atoms. The van der Waals surface area contributed by atoms with Gasteiger partial charge in [0.05, 0.1) is 12.6 Å². The molecule has 0 bridgehead atoms. The highest BCUT2D eigenvalue weighted by atomic mass is 16.5. The molecule has 1 amide bonds. The van der Waals surface area contributed by atoms with Crippen molar-refractivity contribution in [3.63, 3.8) is 0 Å². The van der Waals surface area contributed by atoms with Crippen LogP contribution in [0.5, 0.6) is 0 Å². The molecule has 1 rings (SSSR count). The van der Waals surface area contributed by atoms with E-state index in [1.54, 1.807) is 0 Å². The number of benzene rings is 1. The van der Waals surface area contributed by atoms with E-state index >= 15 is 0 Å². The van der Waals surface area contributed by atoms with Gasteiger partial charge >= 0.3 is 0 Å². The van der Waals surface area contributed by atoms with Crippen molar-refractivity contribution >= 4 is 5.91 Å². The van der Waals surface area contributed by atoms with Gasteiger partial charge in [-0.15, -0.1) is 0 Å². The van der Waals surface area contributed by atoms with Crippen LogP contribution in [0.2, 0.25) is 0 Å². The van der Waals surface area contributed by atoms with E-state index in [4.69, 9.17) is 10.5 Å². The Bertz CT molecular complexity index is 366. The Morgan fingerprint density at radius 3 is 2.94 bits per heavy atom. The lowest BCUT2D eigenvalue weighted by atomic mass is 10.1. The van der Waals surface area contributed by atoms with Crippen LogP contribution in [-0.4, -0.2) is 25.7 Å². The fourth-order valence-corrected chi connectivity index (χ4v) is 1.55. The van der Waals surface area contributed by atoms with Gasteiger partial charge in [0.1, 0.15) is 6.61 Å². The SMILES string of the molecule is Cc1cccc([C@H](C)NC(=O)COCCN)c1. The normalized spacial score (nSPS) is 12.2. The van der Waals surface area contributed by atoms with Crippen molar-refractivity contribution in [2.75, 3.05) is 19.8 Å². The maximum atomic E-state index is 11.5. The topological polar surface area (TPSA) is 64.3 Å². The van der Waals surface area contributed by atoms with Crippen molar-refractivity contribution < 1.29 is 9.53 Å². The van der Waals surface area contributed by atoms with Crippen LogP contribution in [0.1, 0.15) is 24.1 Å². The molecule has 0 aliphatic carbocycles. The van der Waals surface area contributed by atoms with Crippen LogP contribution in [0.25, 0.3) is 0 Å². The monoisotopic (exact) mass is 236 g/mol. The third-order valence-corrected chi connectivity index (χ3v) is 2.41. The van der Waals surface area contributed by atoms with Gasteiger partial charge in [0.25, 0.3) is 0 Å². The Morgan fingerprint density at radius 2 is 2.29 bits per heavy atom. The van der Waals surface area contributed by atoms with Crippen molar-refractivity contribution in [3.05, 3.63) is 35.4 Å². The summed E-state index contributed by atoms with van der Waals surface area (Å²) in [6, 6.07) is 8.06. The fourth-order valence-electron chi connectivity index (χ4n) is 1.55. The number of rotatable bonds is 6. The van der Waals surface area contributed by atoms with Crippen LogP contribution in [0.4, 0.5) is 0 Å². The first-order valence-corrected chi connectivity index (χ1v) is 5.77. The number of carbonyl (C=O) groups excluding carboxylic acids is 1. The van der Waals surface area contributed by atoms with Gasteiger partial charge in [0, 0.05) is 6.54 Å². The van der Waals surface area contributed by atoms with E-state index in [-0.39, 0.29) is 18.6 Å². The molecule has 0 saturated carbocycles. The predicted molar refractivity (Wildman–Crippen MR) is 67.6 cm³/mol. The first-order valence-electron chi connectivity index (χ1n) is 5.77. The Morgan fingerprint density at radius 1 is 1.53 bits per heavy atom. The van der Waals surface area contributed by atoms with Gasteiger partial charge in [-0.05, 0) is 19.4 Å². The van der Waals surface area contributed by atoms with Crippen LogP contribution < -0.4 is 11.1 Å². The standard InChI is InChI=1S/C13H20N2O2/c1-10-4-3-5-12(8-10)11(2)15-13(16)9-17-7-6-14/h3-5,8,11H,6-7,9,14H2,1-2H3,(H,15,16)/t11-/m0/s1. The Kier molecular flexibility index (Phi) is 5.66. The molecule has 4 nitrogen and oxygen atoms in total. The Balaban J connectivity index is 2.43. The molecule has 0 radical (unpaired) electrons. The predicted octanol–water partition coefficient (Wildman–Crippen LogP) is 1.15. The van der Waals surface area contributed by atoms with Gasteiger partial charge < -0.3 is 15.8 Å². The van der Waals surface area contributed by atoms with E-state index in [1.165, 1.54) is 5.56 Å². The summed E-state index contributed by atoms with van der Waals surface area (Å²) >= 11 is 0. The summed E-state index contributed by atoms with van der Waals surface area (Å²) in [5.74, 6) is -0.118. The highest BCUT2D eigenvalue weighted by molar-refractivity contribution is 5.77. The zero-order chi connectivity index (χ0) is 12.7. The van der Waals surface area contributed by atoms with Gasteiger partial charge in [-0.2, -0.15) is 0 Å². The Labute approximate surface area is 102 Å². The molecule has 0 heterocycles. The zero-order valence-corrected chi connectivity index (χ0v) is 10.4. The molecular weight excluding hydrogens is 216 g/mol. The van der Waals surface area contributed by atoms with E-state index in [0.29, 0.717) is 13.2 Å². The number of ether oxygens (including phenoxy) is 1. The van der Waals surface area contributed by atoms with Gasteiger partial charge in [-0.25, -0.2) is 0 Å². The zero-order valence-electron chi connectivity index (χ0n) is 10.4. The quantitative estimate of drug-likeness (QED) is 0.728. The van der Waals surface area contributed by atoms with E-state index in [2.05, 4.69) is 11.4 Å². The number of aryl methyl sites for hydroxylation is 1. The van der Waals surface area contributed by atoms with Crippen LogP contribution >= 0.6 is 0 Å². The molecule has 1 aromatic carbocycles. The minimum Gasteiger partial charge on any atom is -0.370 e. The smallest absolute Gasteiger partial charge is 0.246 e. The highest BCUT2D eigenvalue weighted by Gasteiger charge is 2.09. The van der Waals surface area contributed by atoms with Crippen LogP contribution in [0, 0.1) is 6.92 Å². The van der Waals surface area contributed by atoms with Gasteiger partial charge in [0.15, 0.2) is 0 Å². The summed E-state index contributed by atoms with van der Waals surface area (Å²) in [5, 5.41) is 2.88. The van der Waals surface area contributed by atoms with Gasteiger partial charge in [0.2, 0.25) is 5.91 Å². The molecule has 17 heavy (non-hydrogen) atoms. The average Bonchev–Trinajstić information content (AvgIpc) is 2.29. The van der Waals surface area contributed by atoms with Crippen molar-refractivity contribution in [2.45, 2.75) is 19.9 Å². The second kappa shape index (κ2) is 7.04. The summed E-state index contributed by atoms with van der Waals surface area (Å²) in [6.45, 7) is 4.89. The molecule has 0 unspecified atom stereocenters. The summed E-state index contributed by atoms with van der Waals surface area (Å²) < 4.78 is 5.07. The molecule has 1 aromatic rings.